The first-order valence-electron chi connectivity index (χ1n) is 12.4. The lowest BCUT2D eigenvalue weighted by atomic mass is 9.75. The number of methoxy groups -OCH3 is 1. The molecular weight excluding hydrogens is 440 g/mol. The van der Waals surface area contributed by atoms with Gasteiger partial charge in [0.1, 0.15) is 6.54 Å². The predicted octanol–water partition coefficient (Wildman–Crippen LogP) is 4.46. The van der Waals surface area contributed by atoms with Crippen LogP contribution in [0, 0.1) is 5.41 Å². The van der Waals surface area contributed by atoms with E-state index in [-0.39, 0.29) is 29.8 Å². The smallest absolute Gasteiger partial charge is 0.246 e. The standard InChI is InChI=1S/C28H38N4O3/c1-18(22-11-12-28(2,3)15-25(22)29-4)23-13-19-7-8-20(14-24(19)30-23)31(5)27(34)16-32-21(17-35-6)9-10-26(32)33/h7-8,13-14,21,29-30H,1,9-12,15-17H2,2-6H3/t21-/m0/s1. The lowest BCUT2D eigenvalue weighted by Crippen LogP contribution is -2.44. The van der Waals surface area contributed by atoms with E-state index in [2.05, 4.69) is 36.8 Å². The molecule has 0 bridgehead atoms. The van der Waals surface area contributed by atoms with Crippen LogP contribution in [0.2, 0.25) is 0 Å². The first kappa shape index (κ1) is 25.0. The Morgan fingerprint density at radius 3 is 2.80 bits per heavy atom. The van der Waals surface area contributed by atoms with Crippen LogP contribution >= 0.6 is 0 Å². The summed E-state index contributed by atoms with van der Waals surface area (Å²) in [5, 5.41) is 4.47. The van der Waals surface area contributed by atoms with Gasteiger partial charge in [0.25, 0.3) is 0 Å². The molecule has 35 heavy (non-hydrogen) atoms. The molecule has 1 aromatic carbocycles. The van der Waals surface area contributed by atoms with Crippen LogP contribution in [0.1, 0.15) is 51.6 Å². The van der Waals surface area contributed by atoms with Crippen molar-refractivity contribution in [1.82, 2.24) is 15.2 Å². The number of carbonyl (C=O) groups excluding carboxylic acids is 2. The van der Waals surface area contributed by atoms with Crippen molar-refractivity contribution < 1.29 is 14.3 Å². The van der Waals surface area contributed by atoms with Crippen molar-refractivity contribution in [1.29, 1.82) is 0 Å². The minimum atomic E-state index is -0.120. The number of ether oxygens (including phenoxy) is 1. The van der Waals surface area contributed by atoms with Gasteiger partial charge < -0.3 is 24.8 Å². The van der Waals surface area contributed by atoms with Crippen molar-refractivity contribution in [2.45, 2.75) is 52.0 Å². The second-order valence-electron chi connectivity index (χ2n) is 10.6. The monoisotopic (exact) mass is 478 g/mol. The minimum absolute atomic E-state index is 0.0121. The lowest BCUT2D eigenvalue weighted by molar-refractivity contribution is -0.134. The molecule has 2 aliphatic rings. The van der Waals surface area contributed by atoms with Crippen molar-refractivity contribution in [2.24, 2.45) is 5.41 Å². The van der Waals surface area contributed by atoms with Gasteiger partial charge in [0.2, 0.25) is 11.8 Å². The highest BCUT2D eigenvalue weighted by atomic mass is 16.5. The van der Waals surface area contributed by atoms with Gasteiger partial charge in [-0.3, -0.25) is 9.59 Å². The molecule has 4 rings (SSSR count). The summed E-state index contributed by atoms with van der Waals surface area (Å²) in [5.74, 6) is -0.108. The Morgan fingerprint density at radius 1 is 1.31 bits per heavy atom. The Morgan fingerprint density at radius 2 is 2.09 bits per heavy atom. The second-order valence-corrected chi connectivity index (χ2v) is 10.6. The topological polar surface area (TPSA) is 77.7 Å². The van der Waals surface area contributed by atoms with Crippen molar-refractivity contribution in [3.63, 3.8) is 0 Å². The molecule has 0 unspecified atom stereocenters. The molecule has 2 N–H and O–H groups in total. The third-order valence-corrected chi connectivity index (χ3v) is 7.55. The summed E-state index contributed by atoms with van der Waals surface area (Å²) in [6.45, 7) is 9.55. The fourth-order valence-corrected chi connectivity index (χ4v) is 5.28. The van der Waals surface area contributed by atoms with E-state index >= 15 is 0 Å². The maximum absolute atomic E-state index is 13.0. The number of aromatic amines is 1. The van der Waals surface area contributed by atoms with Crippen molar-refractivity contribution in [3.8, 4) is 0 Å². The number of nitrogens with one attached hydrogen (secondary N) is 2. The van der Waals surface area contributed by atoms with Crippen LogP contribution in [0.25, 0.3) is 16.5 Å². The number of amides is 2. The van der Waals surface area contributed by atoms with Crippen molar-refractivity contribution >= 4 is 34.0 Å². The summed E-state index contributed by atoms with van der Waals surface area (Å²) in [5.41, 5.74) is 6.59. The Hall–Kier alpha value is -3.06. The molecule has 1 saturated heterocycles. The van der Waals surface area contributed by atoms with Gasteiger partial charge in [-0.05, 0) is 60.4 Å². The van der Waals surface area contributed by atoms with E-state index in [0.29, 0.717) is 13.0 Å². The normalized spacial score (nSPS) is 20.0. The van der Waals surface area contributed by atoms with E-state index in [1.54, 1.807) is 24.0 Å². The number of likely N-dealkylation sites (tertiary alicyclic amines) is 1. The van der Waals surface area contributed by atoms with Gasteiger partial charge in [-0.1, -0.05) is 26.5 Å². The second kappa shape index (κ2) is 9.90. The van der Waals surface area contributed by atoms with E-state index in [0.717, 1.165) is 53.5 Å². The van der Waals surface area contributed by atoms with E-state index in [1.165, 1.54) is 11.3 Å². The molecule has 0 spiro atoms. The first-order chi connectivity index (χ1) is 16.6. The zero-order valence-electron chi connectivity index (χ0n) is 21.7. The molecule has 1 aromatic heterocycles. The highest BCUT2D eigenvalue weighted by Crippen LogP contribution is 2.42. The van der Waals surface area contributed by atoms with Crippen molar-refractivity contribution in [3.05, 3.63) is 47.8 Å². The number of anilines is 1. The molecular formula is C28H38N4O3. The van der Waals surface area contributed by atoms with Crippen LogP contribution in [0.15, 0.2) is 42.1 Å². The highest BCUT2D eigenvalue weighted by Gasteiger charge is 2.33. The Bertz CT molecular complexity index is 1180. The summed E-state index contributed by atoms with van der Waals surface area (Å²) in [4.78, 5) is 32.1. The fraction of sp³-hybridized carbons (Fsp3) is 0.500. The van der Waals surface area contributed by atoms with Crippen LogP contribution in [0.3, 0.4) is 0 Å². The number of nitrogens with zero attached hydrogens (tertiary/aromatic N) is 2. The van der Waals surface area contributed by atoms with Crippen LogP contribution in [0.5, 0.6) is 0 Å². The third kappa shape index (κ3) is 5.15. The van der Waals surface area contributed by atoms with Crippen LogP contribution in [-0.2, 0) is 14.3 Å². The van der Waals surface area contributed by atoms with E-state index in [9.17, 15) is 9.59 Å². The average Bonchev–Trinajstić information content (AvgIpc) is 3.41. The molecule has 7 heteroatoms. The quantitative estimate of drug-likeness (QED) is 0.587. The van der Waals surface area contributed by atoms with Gasteiger partial charge in [-0.25, -0.2) is 0 Å². The van der Waals surface area contributed by atoms with Crippen molar-refractivity contribution in [2.75, 3.05) is 39.3 Å². The third-order valence-electron chi connectivity index (χ3n) is 7.55. The average molecular weight is 479 g/mol. The molecule has 1 aliphatic carbocycles. The molecule has 1 atom stereocenters. The zero-order chi connectivity index (χ0) is 25.3. The first-order valence-corrected chi connectivity index (χ1v) is 12.4. The number of likely N-dealkylation sites (N-methyl/N-ethyl adjacent to an activating group) is 1. The number of rotatable bonds is 8. The summed E-state index contributed by atoms with van der Waals surface area (Å²) >= 11 is 0. The van der Waals surface area contributed by atoms with Gasteiger partial charge in [0, 0.05) is 55.6 Å². The largest absolute Gasteiger partial charge is 0.391 e. The minimum Gasteiger partial charge on any atom is -0.391 e. The summed E-state index contributed by atoms with van der Waals surface area (Å²) in [7, 11) is 5.36. The van der Waals surface area contributed by atoms with Gasteiger partial charge in [-0.15, -0.1) is 0 Å². The number of aromatic nitrogens is 1. The maximum Gasteiger partial charge on any atom is 0.246 e. The number of allylic oxidation sites excluding steroid dienone is 3. The fourth-order valence-electron chi connectivity index (χ4n) is 5.28. The van der Waals surface area contributed by atoms with Gasteiger partial charge >= 0.3 is 0 Å². The predicted molar refractivity (Wildman–Crippen MR) is 141 cm³/mol. The lowest BCUT2D eigenvalue weighted by Gasteiger charge is -2.33. The SMILES string of the molecule is C=C(C1=C(NC)CC(C)(C)CC1)c1cc2ccc(N(C)C(=O)CN3C(=O)CC[C@H]3COC)cc2[nH]1. The number of hydrogen-bond donors (Lipinski definition) is 2. The Balaban J connectivity index is 1.52. The summed E-state index contributed by atoms with van der Waals surface area (Å²) < 4.78 is 5.23. The number of H-pyrrole nitrogens is 1. The van der Waals surface area contributed by atoms with E-state index in [1.807, 2.05) is 25.2 Å². The molecule has 2 heterocycles. The zero-order valence-corrected chi connectivity index (χ0v) is 21.7. The summed E-state index contributed by atoms with van der Waals surface area (Å²) in [6.07, 6.45) is 4.34. The summed E-state index contributed by atoms with van der Waals surface area (Å²) in [6, 6.07) is 8.04. The molecule has 1 aliphatic heterocycles. The number of fused-ring (bicyclic) bond motifs is 1. The highest BCUT2D eigenvalue weighted by molar-refractivity contribution is 5.99. The number of carbonyl (C=O) groups is 2. The Kier molecular flexibility index (Phi) is 7.08. The molecule has 188 valence electrons. The molecule has 2 aromatic rings. The molecule has 1 fully saturated rings. The van der Waals surface area contributed by atoms with Crippen LogP contribution < -0.4 is 10.2 Å². The Labute approximate surface area is 208 Å². The van der Waals surface area contributed by atoms with Gasteiger partial charge in [0.05, 0.1) is 12.6 Å². The number of hydrogen-bond acceptors (Lipinski definition) is 4. The molecule has 2 amide bonds. The molecule has 7 nitrogen and oxygen atoms in total. The van der Waals surface area contributed by atoms with E-state index in [4.69, 9.17) is 4.74 Å². The maximum atomic E-state index is 13.0. The van der Waals surface area contributed by atoms with E-state index < -0.39 is 0 Å². The van der Waals surface area contributed by atoms with Crippen LogP contribution in [-0.4, -0.2) is 62.1 Å². The van der Waals surface area contributed by atoms with Crippen LogP contribution in [0.4, 0.5) is 5.69 Å². The molecule has 0 radical (unpaired) electrons. The van der Waals surface area contributed by atoms with Gasteiger partial charge in [0.15, 0.2) is 0 Å². The van der Waals surface area contributed by atoms with Gasteiger partial charge in [-0.2, -0.15) is 0 Å². The number of benzene rings is 1. The molecule has 0 saturated carbocycles.